The number of likely N-dealkylation sites (tertiary alicyclic amines) is 1. The molecule has 1 amide bonds. The number of carbonyl (C=O) groups is 1. The predicted octanol–water partition coefficient (Wildman–Crippen LogP) is 1.69. The summed E-state index contributed by atoms with van der Waals surface area (Å²) in [5, 5.41) is 0. The van der Waals surface area contributed by atoms with Crippen LogP contribution in [0.3, 0.4) is 0 Å². The summed E-state index contributed by atoms with van der Waals surface area (Å²) in [6.45, 7) is 2.71. The van der Waals surface area contributed by atoms with Gasteiger partial charge in [0.2, 0.25) is 5.91 Å². The average molecular weight is 236 g/mol. The predicted molar refractivity (Wildman–Crippen MR) is 63.7 cm³/mol. The van der Waals surface area contributed by atoms with Crippen molar-refractivity contribution < 1.29 is 9.18 Å². The molecule has 0 aromatic heterocycles. The van der Waals surface area contributed by atoms with Crippen molar-refractivity contribution in [2.24, 2.45) is 11.7 Å². The van der Waals surface area contributed by atoms with Gasteiger partial charge in [0.15, 0.2) is 0 Å². The summed E-state index contributed by atoms with van der Waals surface area (Å²) >= 11 is 0. The fourth-order valence-electron chi connectivity index (χ4n) is 2.48. The van der Waals surface area contributed by atoms with Crippen LogP contribution >= 0.6 is 0 Å². The molecule has 2 N–H and O–H groups in total. The summed E-state index contributed by atoms with van der Waals surface area (Å²) in [4.78, 5) is 13.4. The number of nitrogens with zero attached hydrogens (tertiary/aromatic N) is 1. The second-order valence-corrected chi connectivity index (χ2v) is 4.63. The summed E-state index contributed by atoms with van der Waals surface area (Å²) in [5.41, 5.74) is 5.99. The molecule has 0 saturated carbocycles. The van der Waals surface area contributed by atoms with Crippen LogP contribution in [0.1, 0.15) is 24.9 Å². The van der Waals surface area contributed by atoms with Gasteiger partial charge in [0.25, 0.3) is 0 Å². The Morgan fingerprint density at radius 3 is 2.88 bits per heavy atom. The monoisotopic (exact) mass is 236 g/mol. The Morgan fingerprint density at radius 2 is 2.24 bits per heavy atom. The zero-order valence-corrected chi connectivity index (χ0v) is 9.90. The fraction of sp³-hybridized carbons (Fsp3) is 0.462. The van der Waals surface area contributed by atoms with Gasteiger partial charge in [0.05, 0.1) is 12.6 Å². The van der Waals surface area contributed by atoms with Crippen LogP contribution in [0.2, 0.25) is 0 Å². The van der Waals surface area contributed by atoms with Crippen molar-refractivity contribution in [3.05, 3.63) is 35.6 Å². The molecule has 3 nitrogen and oxygen atoms in total. The standard InChI is InChI=1S/C13H17FN2O/c1-9-6-12(16(8-9)13(17)7-15)10-4-2-3-5-11(10)14/h2-5,9,12H,6-8,15H2,1H3. The van der Waals surface area contributed by atoms with Crippen LogP contribution in [0, 0.1) is 11.7 Å². The van der Waals surface area contributed by atoms with E-state index in [9.17, 15) is 9.18 Å². The Kier molecular flexibility index (Phi) is 3.43. The molecule has 1 aliphatic heterocycles. The number of halogens is 1. The molecule has 1 fully saturated rings. The van der Waals surface area contributed by atoms with Gasteiger partial charge >= 0.3 is 0 Å². The van der Waals surface area contributed by atoms with Crippen molar-refractivity contribution in [1.29, 1.82) is 0 Å². The molecule has 2 rings (SSSR count). The third-order valence-electron chi connectivity index (χ3n) is 3.27. The van der Waals surface area contributed by atoms with Crippen molar-refractivity contribution in [1.82, 2.24) is 4.90 Å². The SMILES string of the molecule is CC1CC(c2ccccc2F)N(C(=O)CN)C1. The minimum atomic E-state index is -0.249. The lowest BCUT2D eigenvalue weighted by atomic mass is 10.0. The summed E-state index contributed by atoms with van der Waals surface area (Å²) in [5.74, 6) is 0.0270. The van der Waals surface area contributed by atoms with E-state index in [0.29, 0.717) is 18.0 Å². The van der Waals surface area contributed by atoms with Crippen LogP contribution in [-0.2, 0) is 4.79 Å². The number of hydrogen-bond donors (Lipinski definition) is 1. The summed E-state index contributed by atoms with van der Waals surface area (Å²) < 4.78 is 13.7. The highest BCUT2D eigenvalue weighted by atomic mass is 19.1. The molecule has 1 heterocycles. The number of benzene rings is 1. The smallest absolute Gasteiger partial charge is 0.236 e. The lowest BCUT2D eigenvalue weighted by Crippen LogP contribution is -2.36. The highest BCUT2D eigenvalue weighted by Gasteiger charge is 2.34. The molecule has 0 radical (unpaired) electrons. The second-order valence-electron chi connectivity index (χ2n) is 4.63. The van der Waals surface area contributed by atoms with Gasteiger partial charge in [-0.3, -0.25) is 4.79 Å². The number of hydrogen-bond acceptors (Lipinski definition) is 2. The summed E-state index contributed by atoms with van der Waals surface area (Å²) in [6, 6.07) is 6.47. The molecular formula is C13H17FN2O. The van der Waals surface area contributed by atoms with Crippen molar-refractivity contribution in [3.63, 3.8) is 0 Å². The molecule has 0 aliphatic carbocycles. The Balaban J connectivity index is 2.30. The number of carbonyl (C=O) groups excluding carboxylic acids is 1. The maximum atomic E-state index is 13.7. The molecule has 1 aliphatic rings. The second kappa shape index (κ2) is 4.84. The van der Waals surface area contributed by atoms with Crippen LogP contribution < -0.4 is 5.73 Å². The van der Waals surface area contributed by atoms with E-state index in [1.165, 1.54) is 6.07 Å². The van der Waals surface area contributed by atoms with Gasteiger partial charge in [-0.15, -0.1) is 0 Å². The first kappa shape index (κ1) is 12.0. The normalized spacial score (nSPS) is 24.1. The van der Waals surface area contributed by atoms with Crippen LogP contribution in [0.5, 0.6) is 0 Å². The molecule has 4 heteroatoms. The van der Waals surface area contributed by atoms with E-state index in [2.05, 4.69) is 6.92 Å². The molecule has 1 saturated heterocycles. The molecule has 0 bridgehead atoms. The fourth-order valence-corrected chi connectivity index (χ4v) is 2.48. The maximum Gasteiger partial charge on any atom is 0.236 e. The highest BCUT2D eigenvalue weighted by Crippen LogP contribution is 2.36. The van der Waals surface area contributed by atoms with Crippen molar-refractivity contribution in [3.8, 4) is 0 Å². The Hall–Kier alpha value is -1.42. The zero-order chi connectivity index (χ0) is 12.4. The van der Waals surface area contributed by atoms with E-state index in [1.54, 1.807) is 23.1 Å². The van der Waals surface area contributed by atoms with E-state index in [-0.39, 0.29) is 24.3 Å². The van der Waals surface area contributed by atoms with E-state index < -0.39 is 0 Å². The van der Waals surface area contributed by atoms with Crippen molar-refractivity contribution in [2.45, 2.75) is 19.4 Å². The molecule has 1 aromatic carbocycles. The average Bonchev–Trinajstić information content (AvgIpc) is 2.71. The topological polar surface area (TPSA) is 46.3 Å². The van der Waals surface area contributed by atoms with E-state index >= 15 is 0 Å². The van der Waals surface area contributed by atoms with Crippen molar-refractivity contribution in [2.75, 3.05) is 13.1 Å². The minimum Gasteiger partial charge on any atom is -0.334 e. The Bertz CT molecular complexity index is 422. The molecule has 17 heavy (non-hydrogen) atoms. The first-order valence-electron chi connectivity index (χ1n) is 5.87. The molecule has 2 atom stereocenters. The van der Waals surface area contributed by atoms with E-state index in [0.717, 1.165) is 6.42 Å². The van der Waals surface area contributed by atoms with Crippen LogP contribution in [0.25, 0.3) is 0 Å². The maximum absolute atomic E-state index is 13.7. The number of rotatable bonds is 2. The molecule has 2 unspecified atom stereocenters. The van der Waals surface area contributed by atoms with Crippen LogP contribution in [0.4, 0.5) is 4.39 Å². The lowest BCUT2D eigenvalue weighted by molar-refractivity contribution is -0.130. The first-order chi connectivity index (χ1) is 8.13. The van der Waals surface area contributed by atoms with E-state index in [1.807, 2.05) is 0 Å². The minimum absolute atomic E-state index is 0.0162. The van der Waals surface area contributed by atoms with Gasteiger partial charge < -0.3 is 10.6 Å². The molecule has 1 aromatic rings. The van der Waals surface area contributed by atoms with Gasteiger partial charge in [0, 0.05) is 12.1 Å². The largest absolute Gasteiger partial charge is 0.334 e. The quantitative estimate of drug-likeness (QED) is 0.849. The van der Waals surface area contributed by atoms with Gasteiger partial charge in [0.1, 0.15) is 5.82 Å². The highest BCUT2D eigenvalue weighted by molar-refractivity contribution is 5.78. The van der Waals surface area contributed by atoms with Gasteiger partial charge in [-0.05, 0) is 18.4 Å². The Morgan fingerprint density at radius 1 is 1.53 bits per heavy atom. The number of nitrogens with two attached hydrogens (primary N) is 1. The Labute approximate surface area is 100 Å². The third kappa shape index (κ3) is 2.31. The molecule has 92 valence electrons. The third-order valence-corrected chi connectivity index (χ3v) is 3.27. The van der Waals surface area contributed by atoms with Crippen molar-refractivity contribution >= 4 is 5.91 Å². The van der Waals surface area contributed by atoms with Crippen LogP contribution in [-0.4, -0.2) is 23.9 Å². The van der Waals surface area contributed by atoms with E-state index in [4.69, 9.17) is 5.73 Å². The van der Waals surface area contributed by atoms with Gasteiger partial charge in [-0.2, -0.15) is 0 Å². The molecular weight excluding hydrogens is 219 g/mol. The van der Waals surface area contributed by atoms with Gasteiger partial charge in [-0.1, -0.05) is 25.1 Å². The van der Waals surface area contributed by atoms with Gasteiger partial charge in [-0.25, -0.2) is 4.39 Å². The summed E-state index contributed by atoms with van der Waals surface area (Å²) in [6.07, 6.45) is 0.798. The zero-order valence-electron chi connectivity index (χ0n) is 9.90. The number of amides is 1. The molecule has 0 spiro atoms. The van der Waals surface area contributed by atoms with Crippen LogP contribution in [0.15, 0.2) is 24.3 Å². The summed E-state index contributed by atoms with van der Waals surface area (Å²) in [7, 11) is 0. The lowest BCUT2D eigenvalue weighted by Gasteiger charge is -2.24. The first-order valence-corrected chi connectivity index (χ1v) is 5.87.